The molecule has 106 valence electrons. The Balaban J connectivity index is 2.47. The van der Waals surface area contributed by atoms with Gasteiger partial charge in [0.1, 0.15) is 5.82 Å². The number of rotatable bonds is 5. The van der Waals surface area contributed by atoms with Gasteiger partial charge in [0.15, 0.2) is 0 Å². The summed E-state index contributed by atoms with van der Waals surface area (Å²) in [5, 5.41) is 3.98. The normalized spacial score (nSPS) is 12.4. The summed E-state index contributed by atoms with van der Waals surface area (Å²) in [6, 6.07) is 6.95. The van der Waals surface area contributed by atoms with Gasteiger partial charge in [0.05, 0.1) is 12.2 Å². The zero-order chi connectivity index (χ0) is 14.5. The molecule has 0 saturated heterocycles. The molecule has 1 N–H and O–H groups in total. The van der Waals surface area contributed by atoms with Gasteiger partial charge in [-0.2, -0.15) is 0 Å². The quantitative estimate of drug-likeness (QED) is 0.837. The van der Waals surface area contributed by atoms with Crippen LogP contribution in [0.4, 0.5) is 4.39 Å². The maximum absolute atomic E-state index is 14.0. The fraction of sp³-hybridized carbons (Fsp3) is 0.267. The van der Waals surface area contributed by atoms with Crippen LogP contribution in [0.15, 0.2) is 41.1 Å². The van der Waals surface area contributed by atoms with Crippen LogP contribution in [0.25, 0.3) is 0 Å². The number of aromatic nitrogens is 1. The molecule has 0 aliphatic rings. The van der Waals surface area contributed by atoms with E-state index in [9.17, 15) is 4.39 Å². The zero-order valence-corrected chi connectivity index (χ0v) is 13.4. The van der Waals surface area contributed by atoms with Crippen LogP contribution in [0.3, 0.4) is 0 Å². The number of hydrogen-bond acceptors (Lipinski definition) is 2. The Morgan fingerprint density at radius 3 is 2.85 bits per heavy atom. The van der Waals surface area contributed by atoms with Crippen molar-refractivity contribution in [3.63, 3.8) is 0 Å². The summed E-state index contributed by atoms with van der Waals surface area (Å²) < 4.78 is 14.9. The van der Waals surface area contributed by atoms with Crippen molar-refractivity contribution in [3.8, 4) is 0 Å². The first-order chi connectivity index (χ1) is 9.63. The van der Waals surface area contributed by atoms with Gasteiger partial charge in [-0.1, -0.05) is 34.5 Å². The van der Waals surface area contributed by atoms with E-state index >= 15 is 0 Å². The summed E-state index contributed by atoms with van der Waals surface area (Å²) in [5.74, 6) is -0.326. The van der Waals surface area contributed by atoms with Crippen molar-refractivity contribution in [3.05, 3.63) is 63.1 Å². The summed E-state index contributed by atoms with van der Waals surface area (Å²) in [6.45, 7) is 2.85. The molecule has 1 atom stereocenters. The van der Waals surface area contributed by atoms with E-state index in [0.717, 1.165) is 23.0 Å². The highest BCUT2D eigenvalue weighted by Crippen LogP contribution is 2.31. The van der Waals surface area contributed by atoms with Crippen LogP contribution >= 0.6 is 27.5 Å². The first kappa shape index (κ1) is 15.4. The van der Waals surface area contributed by atoms with Crippen LogP contribution in [-0.2, 0) is 0 Å². The van der Waals surface area contributed by atoms with Gasteiger partial charge in [0.25, 0.3) is 0 Å². The molecule has 2 rings (SSSR count). The maximum Gasteiger partial charge on any atom is 0.146 e. The van der Waals surface area contributed by atoms with E-state index in [1.54, 1.807) is 18.3 Å². The minimum Gasteiger partial charge on any atom is -0.306 e. The number of nitrogens with zero attached hydrogens (tertiary/aromatic N) is 1. The highest BCUT2D eigenvalue weighted by Gasteiger charge is 2.19. The Bertz CT molecular complexity index is 592. The largest absolute Gasteiger partial charge is 0.306 e. The molecule has 2 aromatic rings. The average Bonchev–Trinajstić information content (AvgIpc) is 2.44. The smallest absolute Gasteiger partial charge is 0.146 e. The predicted octanol–water partition coefficient (Wildman–Crippen LogP) is 4.73. The van der Waals surface area contributed by atoms with Gasteiger partial charge in [-0.25, -0.2) is 4.39 Å². The van der Waals surface area contributed by atoms with Gasteiger partial charge in [0, 0.05) is 21.3 Å². The maximum atomic E-state index is 14.0. The van der Waals surface area contributed by atoms with Gasteiger partial charge in [-0.3, -0.25) is 4.98 Å². The molecule has 0 bridgehead atoms. The highest BCUT2D eigenvalue weighted by molar-refractivity contribution is 9.10. The summed E-state index contributed by atoms with van der Waals surface area (Å²) in [5.41, 5.74) is 1.48. The van der Waals surface area contributed by atoms with E-state index < -0.39 is 0 Å². The van der Waals surface area contributed by atoms with E-state index in [1.165, 1.54) is 6.20 Å². The molecule has 0 fully saturated rings. The van der Waals surface area contributed by atoms with Crippen molar-refractivity contribution in [1.82, 2.24) is 10.3 Å². The Morgan fingerprint density at radius 1 is 1.35 bits per heavy atom. The minimum atomic E-state index is -0.326. The van der Waals surface area contributed by atoms with Crippen LogP contribution in [0.5, 0.6) is 0 Å². The Labute approximate surface area is 131 Å². The number of hydrogen-bond donors (Lipinski definition) is 1. The topological polar surface area (TPSA) is 24.9 Å². The fourth-order valence-corrected chi connectivity index (χ4v) is 2.69. The number of nitrogens with one attached hydrogen (secondary N) is 1. The van der Waals surface area contributed by atoms with Crippen molar-refractivity contribution in [2.45, 2.75) is 19.4 Å². The van der Waals surface area contributed by atoms with Gasteiger partial charge >= 0.3 is 0 Å². The standard InChI is InChI=1S/C15H15BrClFN2/c1-2-6-20-15(11-5-7-19-9-14(11)18)12-8-10(17)3-4-13(12)16/h3-5,7-9,15,20H,2,6H2,1H3. The number of benzene rings is 1. The molecule has 2 nitrogen and oxygen atoms in total. The lowest BCUT2D eigenvalue weighted by atomic mass is 9.99. The lowest BCUT2D eigenvalue weighted by Gasteiger charge is -2.21. The number of halogens is 3. The third kappa shape index (κ3) is 3.57. The average molecular weight is 358 g/mol. The lowest BCUT2D eigenvalue weighted by Crippen LogP contribution is -2.24. The molecule has 0 aliphatic carbocycles. The SMILES string of the molecule is CCCNC(c1ccncc1F)c1cc(Cl)ccc1Br. The molecule has 1 aromatic heterocycles. The monoisotopic (exact) mass is 356 g/mol. The Hall–Kier alpha value is -0.970. The summed E-state index contributed by atoms with van der Waals surface area (Å²) in [6.07, 6.45) is 3.79. The molecule has 0 amide bonds. The van der Waals surface area contributed by atoms with E-state index in [-0.39, 0.29) is 11.9 Å². The van der Waals surface area contributed by atoms with Crippen molar-refractivity contribution in [2.75, 3.05) is 6.54 Å². The first-order valence-electron chi connectivity index (χ1n) is 6.41. The molecule has 0 aliphatic heterocycles. The van der Waals surface area contributed by atoms with E-state index in [2.05, 4.69) is 33.2 Å². The van der Waals surface area contributed by atoms with Crippen LogP contribution in [0.2, 0.25) is 5.02 Å². The van der Waals surface area contributed by atoms with Crippen molar-refractivity contribution in [1.29, 1.82) is 0 Å². The summed E-state index contributed by atoms with van der Waals surface area (Å²) in [4.78, 5) is 3.80. The predicted molar refractivity (Wildman–Crippen MR) is 83.5 cm³/mol. The Kier molecular flexibility index (Phi) is 5.52. The second kappa shape index (κ2) is 7.16. The molecular weight excluding hydrogens is 343 g/mol. The van der Waals surface area contributed by atoms with Gasteiger partial charge in [-0.15, -0.1) is 0 Å². The van der Waals surface area contributed by atoms with E-state index in [1.807, 2.05) is 12.1 Å². The Morgan fingerprint density at radius 2 is 2.15 bits per heavy atom. The fourth-order valence-electron chi connectivity index (χ4n) is 2.03. The third-order valence-electron chi connectivity index (χ3n) is 2.98. The molecule has 1 unspecified atom stereocenters. The molecule has 0 radical (unpaired) electrons. The van der Waals surface area contributed by atoms with Gasteiger partial charge in [0.2, 0.25) is 0 Å². The summed E-state index contributed by atoms with van der Waals surface area (Å²) in [7, 11) is 0. The number of pyridine rings is 1. The molecule has 0 spiro atoms. The minimum absolute atomic E-state index is 0.258. The van der Waals surface area contributed by atoms with Crippen LogP contribution < -0.4 is 5.32 Å². The van der Waals surface area contributed by atoms with Gasteiger partial charge < -0.3 is 5.32 Å². The lowest BCUT2D eigenvalue weighted by molar-refractivity contribution is 0.542. The van der Waals surface area contributed by atoms with Crippen LogP contribution in [-0.4, -0.2) is 11.5 Å². The molecule has 1 heterocycles. The van der Waals surface area contributed by atoms with Crippen LogP contribution in [0.1, 0.15) is 30.5 Å². The third-order valence-corrected chi connectivity index (χ3v) is 3.94. The van der Waals surface area contributed by atoms with Crippen molar-refractivity contribution in [2.24, 2.45) is 0 Å². The van der Waals surface area contributed by atoms with E-state index in [0.29, 0.717) is 10.6 Å². The second-order valence-corrected chi connectivity index (χ2v) is 5.74. The van der Waals surface area contributed by atoms with E-state index in [4.69, 9.17) is 11.6 Å². The molecular formula is C15H15BrClFN2. The zero-order valence-electron chi connectivity index (χ0n) is 11.0. The molecule has 5 heteroatoms. The van der Waals surface area contributed by atoms with Crippen molar-refractivity contribution < 1.29 is 4.39 Å². The van der Waals surface area contributed by atoms with Crippen LogP contribution in [0, 0.1) is 5.82 Å². The highest BCUT2D eigenvalue weighted by atomic mass is 79.9. The molecule has 0 saturated carbocycles. The van der Waals surface area contributed by atoms with Crippen molar-refractivity contribution >= 4 is 27.5 Å². The van der Waals surface area contributed by atoms with Gasteiger partial charge in [-0.05, 0) is 42.8 Å². The molecule has 1 aromatic carbocycles. The summed E-state index contributed by atoms with van der Waals surface area (Å²) >= 11 is 9.58. The second-order valence-electron chi connectivity index (χ2n) is 4.45. The molecule has 20 heavy (non-hydrogen) atoms. The first-order valence-corrected chi connectivity index (χ1v) is 7.58.